The molecule has 0 aliphatic rings. The summed E-state index contributed by atoms with van der Waals surface area (Å²) in [6.45, 7) is 18.2. The molecule has 1 unspecified atom stereocenters. The first-order valence-corrected chi connectivity index (χ1v) is 5.65. The Morgan fingerprint density at radius 2 is 1.79 bits per heavy atom. The Hall–Kier alpha value is -0.340. The van der Waals surface area contributed by atoms with Crippen LogP contribution in [0.4, 0.5) is 0 Å². The molecule has 0 aliphatic heterocycles. The van der Waals surface area contributed by atoms with Gasteiger partial charge in [0.15, 0.2) is 0 Å². The van der Waals surface area contributed by atoms with Crippen LogP contribution in [0.15, 0.2) is 12.7 Å². The van der Waals surface area contributed by atoms with E-state index in [1.165, 1.54) is 0 Å². The third-order valence-electron chi connectivity index (χ3n) is 3.00. The zero-order chi connectivity index (χ0) is 11.2. The fraction of sp³-hybridized carbons (Fsp3) is 0.833. The molecular weight excluding hydrogens is 172 g/mol. The fourth-order valence-electron chi connectivity index (χ4n) is 2.08. The lowest BCUT2D eigenvalue weighted by molar-refractivity contribution is 0.109. The maximum absolute atomic E-state index is 3.91. The van der Waals surface area contributed by atoms with Crippen molar-refractivity contribution in [2.45, 2.75) is 46.2 Å². The SMILES string of the molecule is C=CC(NCC)C(C)(C)N(CC)CC. The van der Waals surface area contributed by atoms with Crippen LogP contribution < -0.4 is 5.32 Å². The van der Waals surface area contributed by atoms with Gasteiger partial charge in [0.05, 0.1) is 0 Å². The van der Waals surface area contributed by atoms with E-state index in [0.29, 0.717) is 6.04 Å². The maximum atomic E-state index is 3.91. The van der Waals surface area contributed by atoms with Crippen LogP contribution in [-0.2, 0) is 0 Å². The Kier molecular flexibility index (Phi) is 6.05. The first-order chi connectivity index (χ1) is 6.54. The van der Waals surface area contributed by atoms with Gasteiger partial charge in [0, 0.05) is 11.6 Å². The number of nitrogens with zero attached hydrogens (tertiary/aromatic N) is 1. The first-order valence-electron chi connectivity index (χ1n) is 5.65. The summed E-state index contributed by atoms with van der Waals surface area (Å²) >= 11 is 0. The molecule has 0 aliphatic carbocycles. The lowest BCUT2D eigenvalue weighted by Crippen LogP contribution is -2.56. The Morgan fingerprint density at radius 1 is 1.29 bits per heavy atom. The number of nitrogens with one attached hydrogen (secondary N) is 1. The van der Waals surface area contributed by atoms with Crippen LogP contribution in [0.3, 0.4) is 0 Å². The van der Waals surface area contributed by atoms with Crippen molar-refractivity contribution in [1.82, 2.24) is 10.2 Å². The van der Waals surface area contributed by atoms with Gasteiger partial charge in [0.25, 0.3) is 0 Å². The van der Waals surface area contributed by atoms with Crippen molar-refractivity contribution in [3.05, 3.63) is 12.7 Å². The molecule has 0 aromatic rings. The molecule has 0 aromatic carbocycles. The highest BCUT2D eigenvalue weighted by molar-refractivity contribution is 5.02. The molecule has 84 valence electrons. The van der Waals surface area contributed by atoms with Gasteiger partial charge in [-0.1, -0.05) is 26.8 Å². The Labute approximate surface area is 89.4 Å². The van der Waals surface area contributed by atoms with Crippen molar-refractivity contribution in [2.75, 3.05) is 19.6 Å². The largest absolute Gasteiger partial charge is 0.309 e. The van der Waals surface area contributed by atoms with E-state index in [1.54, 1.807) is 0 Å². The van der Waals surface area contributed by atoms with E-state index >= 15 is 0 Å². The highest BCUT2D eigenvalue weighted by Gasteiger charge is 2.31. The number of hydrogen-bond acceptors (Lipinski definition) is 2. The van der Waals surface area contributed by atoms with E-state index in [2.05, 4.69) is 51.4 Å². The van der Waals surface area contributed by atoms with Gasteiger partial charge in [-0.2, -0.15) is 0 Å². The highest BCUT2D eigenvalue weighted by Crippen LogP contribution is 2.19. The van der Waals surface area contributed by atoms with Gasteiger partial charge in [-0.25, -0.2) is 0 Å². The monoisotopic (exact) mass is 198 g/mol. The zero-order valence-corrected chi connectivity index (χ0v) is 10.4. The zero-order valence-electron chi connectivity index (χ0n) is 10.4. The van der Waals surface area contributed by atoms with Gasteiger partial charge >= 0.3 is 0 Å². The number of hydrogen-bond donors (Lipinski definition) is 1. The van der Waals surface area contributed by atoms with E-state index < -0.39 is 0 Å². The molecule has 0 bridgehead atoms. The van der Waals surface area contributed by atoms with Crippen LogP contribution in [0.2, 0.25) is 0 Å². The van der Waals surface area contributed by atoms with Gasteiger partial charge in [-0.15, -0.1) is 6.58 Å². The summed E-state index contributed by atoms with van der Waals surface area (Å²) in [6, 6.07) is 0.354. The van der Waals surface area contributed by atoms with Crippen LogP contribution in [0.5, 0.6) is 0 Å². The van der Waals surface area contributed by atoms with E-state index in [-0.39, 0.29) is 5.54 Å². The lowest BCUT2D eigenvalue weighted by Gasteiger charge is -2.42. The molecule has 0 amide bonds. The van der Waals surface area contributed by atoms with Crippen LogP contribution >= 0.6 is 0 Å². The van der Waals surface area contributed by atoms with Gasteiger partial charge in [-0.05, 0) is 33.5 Å². The van der Waals surface area contributed by atoms with Crippen molar-refractivity contribution >= 4 is 0 Å². The minimum Gasteiger partial charge on any atom is -0.309 e. The molecule has 1 N–H and O–H groups in total. The molecule has 0 spiro atoms. The molecule has 0 saturated carbocycles. The smallest absolute Gasteiger partial charge is 0.0428 e. The Bertz CT molecular complexity index is 160. The van der Waals surface area contributed by atoms with E-state index in [0.717, 1.165) is 19.6 Å². The van der Waals surface area contributed by atoms with Crippen LogP contribution in [0.25, 0.3) is 0 Å². The second kappa shape index (κ2) is 6.20. The van der Waals surface area contributed by atoms with Crippen molar-refractivity contribution in [3.8, 4) is 0 Å². The second-order valence-corrected chi connectivity index (χ2v) is 4.10. The first kappa shape index (κ1) is 13.7. The second-order valence-electron chi connectivity index (χ2n) is 4.10. The summed E-state index contributed by atoms with van der Waals surface area (Å²) in [5.41, 5.74) is 0.140. The average molecular weight is 198 g/mol. The molecular formula is C12H26N2. The summed E-state index contributed by atoms with van der Waals surface area (Å²) in [5, 5.41) is 3.46. The minimum absolute atomic E-state index is 0.140. The summed E-state index contributed by atoms with van der Waals surface area (Å²) in [4.78, 5) is 2.46. The third kappa shape index (κ3) is 3.10. The maximum Gasteiger partial charge on any atom is 0.0428 e. The average Bonchev–Trinajstić information content (AvgIpc) is 2.15. The lowest BCUT2D eigenvalue weighted by atomic mass is 9.92. The quantitative estimate of drug-likeness (QED) is 0.631. The van der Waals surface area contributed by atoms with Gasteiger partial charge in [0.2, 0.25) is 0 Å². The molecule has 2 nitrogen and oxygen atoms in total. The van der Waals surface area contributed by atoms with Crippen molar-refractivity contribution in [1.29, 1.82) is 0 Å². The Morgan fingerprint density at radius 3 is 2.07 bits per heavy atom. The minimum atomic E-state index is 0.140. The molecule has 2 heteroatoms. The summed E-state index contributed by atoms with van der Waals surface area (Å²) in [6.07, 6.45) is 2.02. The molecule has 1 atom stereocenters. The van der Waals surface area contributed by atoms with Gasteiger partial charge in [0.1, 0.15) is 0 Å². The molecule has 0 aromatic heterocycles. The Balaban J connectivity index is 4.59. The predicted molar refractivity (Wildman–Crippen MR) is 64.7 cm³/mol. The van der Waals surface area contributed by atoms with Gasteiger partial charge < -0.3 is 5.32 Å². The fourth-order valence-corrected chi connectivity index (χ4v) is 2.08. The number of likely N-dealkylation sites (N-methyl/N-ethyl adjacent to an activating group) is 2. The van der Waals surface area contributed by atoms with Crippen molar-refractivity contribution in [2.24, 2.45) is 0 Å². The molecule has 0 heterocycles. The number of rotatable bonds is 7. The summed E-state index contributed by atoms with van der Waals surface area (Å²) in [7, 11) is 0. The van der Waals surface area contributed by atoms with Gasteiger partial charge in [-0.3, -0.25) is 4.90 Å². The molecule has 0 radical (unpaired) electrons. The van der Waals surface area contributed by atoms with Crippen LogP contribution in [0.1, 0.15) is 34.6 Å². The predicted octanol–water partition coefficient (Wildman–Crippen LogP) is 2.27. The summed E-state index contributed by atoms with van der Waals surface area (Å²) < 4.78 is 0. The molecule has 14 heavy (non-hydrogen) atoms. The van der Waals surface area contributed by atoms with Crippen molar-refractivity contribution in [3.63, 3.8) is 0 Å². The standard InChI is InChI=1S/C12H26N2/c1-7-11(13-8-2)12(5,6)14(9-3)10-4/h7,11,13H,1,8-10H2,2-6H3. The van der Waals surface area contributed by atoms with E-state index in [4.69, 9.17) is 0 Å². The molecule has 0 fully saturated rings. The van der Waals surface area contributed by atoms with Crippen LogP contribution in [0, 0.1) is 0 Å². The summed E-state index contributed by atoms with van der Waals surface area (Å²) in [5.74, 6) is 0. The van der Waals surface area contributed by atoms with E-state index in [1.807, 2.05) is 6.08 Å². The molecule has 0 rings (SSSR count). The third-order valence-corrected chi connectivity index (χ3v) is 3.00. The molecule has 0 saturated heterocycles. The van der Waals surface area contributed by atoms with E-state index in [9.17, 15) is 0 Å². The highest BCUT2D eigenvalue weighted by atomic mass is 15.2. The normalized spacial score (nSPS) is 14.4. The van der Waals surface area contributed by atoms with Crippen LogP contribution in [-0.4, -0.2) is 36.1 Å². The topological polar surface area (TPSA) is 15.3 Å². The van der Waals surface area contributed by atoms with Crippen molar-refractivity contribution < 1.29 is 0 Å².